The first-order valence-corrected chi connectivity index (χ1v) is 7.17. The minimum absolute atomic E-state index is 0.812. The fourth-order valence-corrected chi connectivity index (χ4v) is 2.42. The summed E-state index contributed by atoms with van der Waals surface area (Å²) < 4.78 is 8.04. The van der Waals surface area contributed by atoms with Gasteiger partial charge in [-0.15, -0.1) is 0 Å². The highest BCUT2D eigenvalue weighted by Crippen LogP contribution is 2.15. The molecule has 5 heteroatoms. The predicted molar refractivity (Wildman–Crippen MR) is 81.1 cm³/mol. The Kier molecular flexibility index (Phi) is 3.69. The molecule has 0 fully saturated rings. The van der Waals surface area contributed by atoms with Crippen molar-refractivity contribution in [2.24, 2.45) is 0 Å². The van der Waals surface area contributed by atoms with Gasteiger partial charge in [0.2, 0.25) is 0 Å². The molecule has 0 amide bonds. The Balaban J connectivity index is 1.76. The summed E-state index contributed by atoms with van der Waals surface area (Å²) >= 11 is 3.44. The van der Waals surface area contributed by atoms with Gasteiger partial charge in [-0.2, -0.15) is 5.10 Å². The molecule has 0 spiro atoms. The maximum absolute atomic E-state index is 5.23. The lowest BCUT2D eigenvalue weighted by atomic mass is 10.1. The Morgan fingerprint density at radius 3 is 2.95 bits per heavy atom. The number of ether oxygens (including phenoxy) is 1. The minimum Gasteiger partial charge on any atom is -0.497 e. The summed E-state index contributed by atoms with van der Waals surface area (Å²) in [6.45, 7) is 0. The zero-order valence-corrected chi connectivity index (χ0v) is 12.7. The van der Waals surface area contributed by atoms with Crippen LogP contribution in [0.5, 0.6) is 5.75 Å². The first kappa shape index (κ1) is 13.1. The van der Waals surface area contributed by atoms with Crippen LogP contribution in [0.4, 0.5) is 0 Å². The summed E-state index contributed by atoms with van der Waals surface area (Å²) in [6, 6.07) is 12.0. The van der Waals surface area contributed by atoms with Gasteiger partial charge in [0.1, 0.15) is 5.75 Å². The summed E-state index contributed by atoms with van der Waals surface area (Å²) in [4.78, 5) is 4.52. The van der Waals surface area contributed by atoms with Crippen LogP contribution in [0.2, 0.25) is 0 Å². The van der Waals surface area contributed by atoms with Crippen molar-refractivity contribution in [2.75, 3.05) is 7.11 Å². The number of aromatic nitrogens is 3. The fraction of sp³-hybridized carbons (Fsp3) is 0.200. The Hall–Kier alpha value is -1.88. The molecule has 0 atom stereocenters. The smallest absolute Gasteiger partial charge is 0.156 e. The van der Waals surface area contributed by atoms with Crippen molar-refractivity contribution >= 4 is 21.6 Å². The molecule has 102 valence electrons. The molecule has 0 bridgehead atoms. The minimum atomic E-state index is 0.812. The largest absolute Gasteiger partial charge is 0.497 e. The van der Waals surface area contributed by atoms with Gasteiger partial charge in [0.15, 0.2) is 11.5 Å². The van der Waals surface area contributed by atoms with E-state index >= 15 is 0 Å². The molecule has 0 saturated heterocycles. The van der Waals surface area contributed by atoms with E-state index in [1.165, 1.54) is 5.56 Å². The van der Waals surface area contributed by atoms with Gasteiger partial charge in [0.25, 0.3) is 0 Å². The SMILES string of the molecule is COc1cccc(CCc2nc3cc(Br)ccn3n2)c1. The van der Waals surface area contributed by atoms with Crippen molar-refractivity contribution in [2.45, 2.75) is 12.8 Å². The summed E-state index contributed by atoms with van der Waals surface area (Å²) in [5.74, 6) is 1.74. The standard InChI is InChI=1S/C15H14BrN3O/c1-20-13-4-2-3-11(9-13)5-6-14-17-15-10-12(16)7-8-19(15)18-14/h2-4,7-10H,5-6H2,1H3. The van der Waals surface area contributed by atoms with Gasteiger partial charge in [-0.25, -0.2) is 9.50 Å². The lowest BCUT2D eigenvalue weighted by molar-refractivity contribution is 0.414. The van der Waals surface area contributed by atoms with Gasteiger partial charge in [-0.1, -0.05) is 28.1 Å². The van der Waals surface area contributed by atoms with Crippen LogP contribution in [0.1, 0.15) is 11.4 Å². The second-order valence-electron chi connectivity index (χ2n) is 4.53. The number of aryl methyl sites for hydroxylation is 2. The summed E-state index contributed by atoms with van der Waals surface area (Å²) in [5, 5.41) is 4.46. The number of rotatable bonds is 4. The molecular weight excluding hydrogens is 318 g/mol. The van der Waals surface area contributed by atoms with Gasteiger partial charge >= 0.3 is 0 Å². The molecule has 2 heterocycles. The number of pyridine rings is 1. The molecule has 4 nitrogen and oxygen atoms in total. The number of halogens is 1. The number of benzene rings is 1. The zero-order chi connectivity index (χ0) is 13.9. The number of fused-ring (bicyclic) bond motifs is 1. The molecule has 0 N–H and O–H groups in total. The van der Waals surface area contributed by atoms with Crippen LogP contribution < -0.4 is 4.74 Å². The van der Waals surface area contributed by atoms with Crippen molar-refractivity contribution in [1.29, 1.82) is 0 Å². The molecule has 0 aliphatic carbocycles. The topological polar surface area (TPSA) is 39.4 Å². The fourth-order valence-electron chi connectivity index (χ4n) is 2.09. The van der Waals surface area contributed by atoms with Crippen molar-refractivity contribution in [3.63, 3.8) is 0 Å². The van der Waals surface area contributed by atoms with E-state index in [0.29, 0.717) is 0 Å². The Labute approximate surface area is 125 Å². The third-order valence-electron chi connectivity index (χ3n) is 3.11. The van der Waals surface area contributed by atoms with E-state index in [-0.39, 0.29) is 0 Å². The summed E-state index contributed by atoms with van der Waals surface area (Å²) in [6.07, 6.45) is 3.61. The lowest BCUT2D eigenvalue weighted by Gasteiger charge is -2.02. The molecule has 0 aliphatic rings. The Morgan fingerprint density at radius 1 is 1.20 bits per heavy atom. The summed E-state index contributed by atoms with van der Waals surface area (Å²) in [5.41, 5.74) is 2.09. The molecule has 0 saturated carbocycles. The van der Waals surface area contributed by atoms with Crippen LogP contribution in [0.3, 0.4) is 0 Å². The molecular formula is C15H14BrN3O. The zero-order valence-electron chi connectivity index (χ0n) is 11.1. The molecule has 3 aromatic rings. The highest BCUT2D eigenvalue weighted by Gasteiger charge is 2.05. The molecule has 3 rings (SSSR count). The van der Waals surface area contributed by atoms with E-state index in [4.69, 9.17) is 4.74 Å². The maximum atomic E-state index is 5.23. The lowest BCUT2D eigenvalue weighted by Crippen LogP contribution is -1.95. The van der Waals surface area contributed by atoms with Crippen LogP contribution in [0, 0.1) is 0 Å². The van der Waals surface area contributed by atoms with E-state index in [1.54, 1.807) is 11.6 Å². The molecule has 20 heavy (non-hydrogen) atoms. The van der Waals surface area contributed by atoms with E-state index in [2.05, 4.69) is 32.1 Å². The first-order chi connectivity index (χ1) is 9.74. The number of methoxy groups -OCH3 is 1. The van der Waals surface area contributed by atoms with Crippen LogP contribution in [-0.2, 0) is 12.8 Å². The van der Waals surface area contributed by atoms with Crippen LogP contribution >= 0.6 is 15.9 Å². The highest BCUT2D eigenvalue weighted by atomic mass is 79.9. The third kappa shape index (κ3) is 2.82. The molecule has 1 aromatic carbocycles. The quantitative estimate of drug-likeness (QED) is 0.736. The number of hydrogen-bond donors (Lipinski definition) is 0. The molecule has 0 unspecified atom stereocenters. The average molecular weight is 332 g/mol. The van der Waals surface area contributed by atoms with Crippen molar-refractivity contribution < 1.29 is 4.74 Å². The van der Waals surface area contributed by atoms with Crippen molar-refractivity contribution in [3.8, 4) is 5.75 Å². The highest BCUT2D eigenvalue weighted by molar-refractivity contribution is 9.10. The van der Waals surface area contributed by atoms with E-state index in [0.717, 1.165) is 34.5 Å². The van der Waals surface area contributed by atoms with E-state index in [1.807, 2.05) is 36.5 Å². The molecule has 0 radical (unpaired) electrons. The number of hydrogen-bond acceptors (Lipinski definition) is 3. The van der Waals surface area contributed by atoms with Gasteiger partial charge < -0.3 is 4.74 Å². The monoisotopic (exact) mass is 331 g/mol. The normalized spacial score (nSPS) is 10.9. The second-order valence-corrected chi connectivity index (χ2v) is 5.44. The predicted octanol–water partition coefficient (Wildman–Crippen LogP) is 3.29. The van der Waals surface area contributed by atoms with Crippen molar-refractivity contribution in [3.05, 3.63) is 58.5 Å². The van der Waals surface area contributed by atoms with E-state index < -0.39 is 0 Å². The average Bonchev–Trinajstić information content (AvgIpc) is 2.87. The van der Waals surface area contributed by atoms with Crippen molar-refractivity contribution in [1.82, 2.24) is 14.6 Å². The Morgan fingerprint density at radius 2 is 2.10 bits per heavy atom. The van der Waals surface area contributed by atoms with Crippen LogP contribution in [0.15, 0.2) is 47.1 Å². The van der Waals surface area contributed by atoms with E-state index in [9.17, 15) is 0 Å². The molecule has 0 aliphatic heterocycles. The third-order valence-corrected chi connectivity index (χ3v) is 3.61. The molecule has 2 aromatic heterocycles. The van der Waals surface area contributed by atoms with Gasteiger partial charge in [0, 0.05) is 17.1 Å². The Bertz CT molecular complexity index is 739. The first-order valence-electron chi connectivity index (χ1n) is 6.38. The summed E-state index contributed by atoms with van der Waals surface area (Å²) in [7, 11) is 1.68. The maximum Gasteiger partial charge on any atom is 0.156 e. The van der Waals surface area contributed by atoms with Gasteiger partial charge in [-0.3, -0.25) is 0 Å². The van der Waals surface area contributed by atoms with Gasteiger partial charge in [-0.05, 0) is 36.2 Å². The van der Waals surface area contributed by atoms with Gasteiger partial charge in [0.05, 0.1) is 7.11 Å². The second kappa shape index (κ2) is 5.63. The number of nitrogens with zero attached hydrogens (tertiary/aromatic N) is 3. The van der Waals surface area contributed by atoms with Crippen LogP contribution in [-0.4, -0.2) is 21.7 Å². The van der Waals surface area contributed by atoms with Crippen LogP contribution in [0.25, 0.3) is 5.65 Å².